The third-order valence-electron chi connectivity index (χ3n) is 2.68. The molecule has 0 aliphatic heterocycles. The molecule has 0 radical (unpaired) electrons. The van der Waals surface area contributed by atoms with Gasteiger partial charge in [-0.3, -0.25) is 0 Å². The Morgan fingerprint density at radius 1 is 1.23 bits per heavy atom. The first-order valence-corrected chi connectivity index (χ1v) is 4.71. The van der Waals surface area contributed by atoms with Gasteiger partial charge in [-0.1, -0.05) is 12.1 Å². The van der Waals surface area contributed by atoms with Crippen molar-refractivity contribution in [3.05, 3.63) is 29.8 Å². The zero-order valence-corrected chi connectivity index (χ0v) is 8.20. The Labute approximate surface area is 79.4 Å². The summed E-state index contributed by atoms with van der Waals surface area (Å²) in [7, 11) is 4.11. The van der Waals surface area contributed by atoms with Crippen molar-refractivity contribution in [2.75, 3.05) is 19.0 Å². The minimum Gasteiger partial charge on any atom is -0.378 e. The molecule has 1 saturated carbocycles. The van der Waals surface area contributed by atoms with Crippen molar-refractivity contribution in [2.24, 2.45) is 5.73 Å². The first-order chi connectivity index (χ1) is 6.18. The zero-order valence-electron chi connectivity index (χ0n) is 8.20. The standard InChI is InChI=1S/C11H16N2/c1-13(2)9-5-3-8(4-6-9)10-7-11(10)12/h3-6,10-11H,7,12H2,1-2H3/t10-,11-/m0/s1. The first kappa shape index (κ1) is 8.57. The van der Waals surface area contributed by atoms with E-state index >= 15 is 0 Å². The Kier molecular flexibility index (Phi) is 2.00. The van der Waals surface area contributed by atoms with Crippen LogP contribution in [-0.2, 0) is 0 Å². The molecule has 1 aromatic rings. The van der Waals surface area contributed by atoms with Crippen LogP contribution in [0.2, 0.25) is 0 Å². The molecule has 2 heteroatoms. The van der Waals surface area contributed by atoms with Crippen LogP contribution in [0.1, 0.15) is 17.9 Å². The van der Waals surface area contributed by atoms with Crippen LogP contribution in [0.3, 0.4) is 0 Å². The second-order valence-corrected chi connectivity index (χ2v) is 3.99. The molecule has 13 heavy (non-hydrogen) atoms. The third kappa shape index (κ3) is 1.68. The summed E-state index contributed by atoms with van der Waals surface area (Å²) in [5.41, 5.74) is 8.42. The van der Waals surface area contributed by atoms with Crippen molar-refractivity contribution in [1.29, 1.82) is 0 Å². The van der Waals surface area contributed by atoms with Crippen molar-refractivity contribution in [1.82, 2.24) is 0 Å². The van der Waals surface area contributed by atoms with E-state index in [1.807, 2.05) is 0 Å². The van der Waals surface area contributed by atoms with Gasteiger partial charge < -0.3 is 10.6 Å². The Balaban J connectivity index is 2.14. The lowest BCUT2D eigenvalue weighted by Crippen LogP contribution is -2.08. The maximum Gasteiger partial charge on any atom is 0.0361 e. The molecule has 0 unspecified atom stereocenters. The normalized spacial score (nSPS) is 25.8. The van der Waals surface area contributed by atoms with E-state index in [-0.39, 0.29) is 0 Å². The number of benzene rings is 1. The summed E-state index contributed by atoms with van der Waals surface area (Å²) in [4.78, 5) is 2.11. The SMILES string of the molecule is CN(C)c1ccc([C@@H]2C[C@@H]2N)cc1. The van der Waals surface area contributed by atoms with E-state index in [1.165, 1.54) is 11.3 Å². The quantitative estimate of drug-likeness (QED) is 0.741. The van der Waals surface area contributed by atoms with Crippen LogP contribution in [0.15, 0.2) is 24.3 Å². The van der Waals surface area contributed by atoms with Crippen LogP contribution in [0, 0.1) is 0 Å². The predicted molar refractivity (Wildman–Crippen MR) is 56.1 cm³/mol. The smallest absolute Gasteiger partial charge is 0.0361 e. The number of rotatable bonds is 2. The summed E-state index contributed by atoms with van der Waals surface area (Å²) in [5, 5.41) is 0. The molecular weight excluding hydrogens is 160 g/mol. The van der Waals surface area contributed by atoms with E-state index in [0.29, 0.717) is 12.0 Å². The van der Waals surface area contributed by atoms with Gasteiger partial charge in [0.1, 0.15) is 0 Å². The maximum atomic E-state index is 5.79. The number of nitrogens with zero attached hydrogens (tertiary/aromatic N) is 1. The number of hydrogen-bond donors (Lipinski definition) is 1. The fraction of sp³-hybridized carbons (Fsp3) is 0.455. The molecular formula is C11H16N2. The molecule has 0 saturated heterocycles. The van der Waals surface area contributed by atoms with Gasteiger partial charge in [-0.2, -0.15) is 0 Å². The lowest BCUT2D eigenvalue weighted by Gasteiger charge is -2.12. The average Bonchev–Trinajstić information content (AvgIpc) is 2.83. The molecule has 0 heterocycles. The van der Waals surface area contributed by atoms with E-state index in [9.17, 15) is 0 Å². The van der Waals surface area contributed by atoms with Crippen LogP contribution in [0.4, 0.5) is 5.69 Å². The minimum absolute atomic E-state index is 0.408. The van der Waals surface area contributed by atoms with Gasteiger partial charge in [0.05, 0.1) is 0 Å². The zero-order chi connectivity index (χ0) is 9.42. The van der Waals surface area contributed by atoms with E-state index in [4.69, 9.17) is 5.73 Å². The number of hydrogen-bond acceptors (Lipinski definition) is 2. The fourth-order valence-corrected chi connectivity index (χ4v) is 1.62. The maximum absolute atomic E-state index is 5.79. The van der Waals surface area contributed by atoms with Gasteiger partial charge in [-0.15, -0.1) is 0 Å². The molecule has 2 rings (SSSR count). The highest BCUT2D eigenvalue weighted by atomic mass is 15.1. The molecule has 1 fully saturated rings. The van der Waals surface area contributed by atoms with Crippen molar-refractivity contribution in [3.63, 3.8) is 0 Å². The summed E-state index contributed by atoms with van der Waals surface area (Å²) in [6.45, 7) is 0. The lowest BCUT2D eigenvalue weighted by atomic mass is 10.1. The summed E-state index contributed by atoms with van der Waals surface area (Å²) in [6, 6.07) is 9.09. The fourth-order valence-electron chi connectivity index (χ4n) is 1.62. The van der Waals surface area contributed by atoms with Crippen molar-refractivity contribution in [3.8, 4) is 0 Å². The molecule has 1 aromatic carbocycles. The van der Waals surface area contributed by atoms with Crippen molar-refractivity contribution < 1.29 is 0 Å². The number of anilines is 1. The molecule has 2 atom stereocenters. The van der Waals surface area contributed by atoms with Gasteiger partial charge in [-0.25, -0.2) is 0 Å². The number of nitrogens with two attached hydrogens (primary N) is 1. The topological polar surface area (TPSA) is 29.3 Å². The van der Waals surface area contributed by atoms with Gasteiger partial charge in [-0.05, 0) is 24.1 Å². The van der Waals surface area contributed by atoms with Gasteiger partial charge in [0, 0.05) is 31.7 Å². The van der Waals surface area contributed by atoms with Gasteiger partial charge in [0.2, 0.25) is 0 Å². The third-order valence-corrected chi connectivity index (χ3v) is 2.68. The van der Waals surface area contributed by atoms with Crippen LogP contribution in [0.25, 0.3) is 0 Å². The molecule has 1 aliphatic carbocycles. The second kappa shape index (κ2) is 3.04. The summed E-state index contributed by atoms with van der Waals surface area (Å²) in [5.74, 6) is 0.621. The average molecular weight is 176 g/mol. The molecule has 70 valence electrons. The van der Waals surface area contributed by atoms with E-state index in [1.54, 1.807) is 0 Å². The monoisotopic (exact) mass is 176 g/mol. The Morgan fingerprint density at radius 3 is 2.15 bits per heavy atom. The van der Waals surface area contributed by atoms with Gasteiger partial charge >= 0.3 is 0 Å². The molecule has 0 spiro atoms. The summed E-state index contributed by atoms with van der Waals surface area (Å²) < 4.78 is 0. The van der Waals surface area contributed by atoms with Gasteiger partial charge in [0.25, 0.3) is 0 Å². The summed E-state index contributed by atoms with van der Waals surface area (Å²) >= 11 is 0. The Morgan fingerprint density at radius 2 is 1.77 bits per heavy atom. The molecule has 1 aliphatic rings. The van der Waals surface area contributed by atoms with Crippen LogP contribution >= 0.6 is 0 Å². The minimum atomic E-state index is 0.408. The van der Waals surface area contributed by atoms with Crippen LogP contribution < -0.4 is 10.6 Å². The highest BCUT2D eigenvalue weighted by molar-refractivity contribution is 5.47. The predicted octanol–water partition coefficient (Wildman–Crippen LogP) is 1.57. The molecule has 2 nitrogen and oxygen atoms in total. The largest absolute Gasteiger partial charge is 0.378 e. The van der Waals surface area contributed by atoms with Crippen molar-refractivity contribution in [2.45, 2.75) is 18.4 Å². The molecule has 0 bridgehead atoms. The molecule has 0 amide bonds. The highest BCUT2D eigenvalue weighted by Crippen LogP contribution is 2.39. The van der Waals surface area contributed by atoms with E-state index < -0.39 is 0 Å². The van der Waals surface area contributed by atoms with Crippen LogP contribution in [0.5, 0.6) is 0 Å². The van der Waals surface area contributed by atoms with E-state index in [0.717, 1.165) is 6.42 Å². The first-order valence-electron chi connectivity index (χ1n) is 4.71. The lowest BCUT2D eigenvalue weighted by molar-refractivity contribution is 0.989. The molecule has 2 N–H and O–H groups in total. The van der Waals surface area contributed by atoms with E-state index in [2.05, 4.69) is 43.3 Å². The molecule has 0 aromatic heterocycles. The summed E-state index contributed by atoms with van der Waals surface area (Å²) in [6.07, 6.45) is 1.15. The van der Waals surface area contributed by atoms with Crippen LogP contribution in [-0.4, -0.2) is 20.1 Å². The second-order valence-electron chi connectivity index (χ2n) is 3.99. The Hall–Kier alpha value is -1.02. The Bertz CT molecular complexity index is 289. The highest BCUT2D eigenvalue weighted by Gasteiger charge is 2.34. The van der Waals surface area contributed by atoms with Crippen molar-refractivity contribution >= 4 is 5.69 Å². The van der Waals surface area contributed by atoms with Gasteiger partial charge in [0.15, 0.2) is 0 Å².